The lowest BCUT2D eigenvalue weighted by Gasteiger charge is -2.07. The molecular weight excluding hydrogens is 418 g/mol. The van der Waals surface area contributed by atoms with Gasteiger partial charge in [0.2, 0.25) is 0 Å². The van der Waals surface area contributed by atoms with Gasteiger partial charge in [0.25, 0.3) is 5.91 Å². The van der Waals surface area contributed by atoms with Gasteiger partial charge in [-0.3, -0.25) is 4.79 Å². The van der Waals surface area contributed by atoms with Crippen molar-refractivity contribution < 1.29 is 9.53 Å². The Morgan fingerprint density at radius 2 is 1.69 bits per heavy atom. The largest absolute Gasteiger partial charge is 0.457 e. The van der Waals surface area contributed by atoms with Crippen LogP contribution in [0.3, 0.4) is 0 Å². The molecular formula is C26H21N3O2S. The zero-order valence-electron chi connectivity index (χ0n) is 17.7. The number of thiazole rings is 1. The highest BCUT2D eigenvalue weighted by molar-refractivity contribution is 7.15. The second-order valence-electron chi connectivity index (χ2n) is 7.53. The summed E-state index contributed by atoms with van der Waals surface area (Å²) < 4.78 is 5.80. The molecule has 2 N–H and O–H groups in total. The zero-order valence-corrected chi connectivity index (χ0v) is 18.5. The van der Waals surface area contributed by atoms with E-state index in [1.54, 1.807) is 11.3 Å². The number of carbonyl (C=O) groups excluding carboxylic acids is 1. The van der Waals surface area contributed by atoms with Gasteiger partial charge in [0.15, 0.2) is 0 Å². The highest BCUT2D eigenvalue weighted by Gasteiger charge is 2.13. The van der Waals surface area contributed by atoms with Crippen LogP contribution in [-0.2, 0) is 0 Å². The maximum absolute atomic E-state index is 12.8. The number of hydrogen-bond acceptors (Lipinski definition) is 4. The first-order valence-corrected chi connectivity index (χ1v) is 11.1. The SMILES string of the molecule is Cc1nc(C)c(-c2ccc3[nH]c(C(=O)Nc4ccc(Oc5ccccc5)cc4)cc3c2)s1. The fourth-order valence-corrected chi connectivity index (χ4v) is 4.54. The number of aryl methyl sites for hydroxylation is 2. The molecule has 158 valence electrons. The fourth-order valence-electron chi connectivity index (χ4n) is 3.62. The van der Waals surface area contributed by atoms with Crippen molar-refractivity contribution in [1.29, 1.82) is 0 Å². The second kappa shape index (κ2) is 8.32. The van der Waals surface area contributed by atoms with Gasteiger partial charge in [-0.1, -0.05) is 24.3 Å². The third kappa shape index (κ3) is 4.13. The lowest BCUT2D eigenvalue weighted by molar-refractivity contribution is 0.102. The van der Waals surface area contributed by atoms with Crippen molar-refractivity contribution in [2.75, 3.05) is 5.32 Å². The molecule has 0 atom stereocenters. The third-order valence-electron chi connectivity index (χ3n) is 5.12. The molecule has 5 nitrogen and oxygen atoms in total. The van der Waals surface area contributed by atoms with Crippen molar-refractivity contribution in [3.63, 3.8) is 0 Å². The van der Waals surface area contributed by atoms with Gasteiger partial charge in [0, 0.05) is 16.6 Å². The predicted molar refractivity (Wildman–Crippen MR) is 130 cm³/mol. The van der Waals surface area contributed by atoms with Crippen molar-refractivity contribution in [2.45, 2.75) is 13.8 Å². The molecule has 0 fully saturated rings. The molecule has 0 radical (unpaired) electrons. The summed E-state index contributed by atoms with van der Waals surface area (Å²) in [5.41, 5.74) is 4.27. The van der Waals surface area contributed by atoms with Crippen molar-refractivity contribution in [3.05, 3.63) is 95.3 Å². The number of aromatic amines is 1. The van der Waals surface area contributed by atoms with Crippen LogP contribution in [0.25, 0.3) is 21.3 Å². The summed E-state index contributed by atoms with van der Waals surface area (Å²) >= 11 is 1.68. The molecule has 0 bridgehead atoms. The number of anilines is 1. The number of carbonyl (C=O) groups is 1. The molecule has 0 unspecified atom stereocenters. The highest BCUT2D eigenvalue weighted by Crippen LogP contribution is 2.32. The highest BCUT2D eigenvalue weighted by atomic mass is 32.1. The number of fused-ring (bicyclic) bond motifs is 1. The number of rotatable bonds is 5. The molecule has 6 heteroatoms. The van der Waals surface area contributed by atoms with E-state index in [0.29, 0.717) is 17.1 Å². The standard InChI is InChI=1S/C26H21N3O2S/c1-16-25(32-17(2)27-16)18-8-13-23-19(14-18)15-24(29-23)26(30)28-20-9-11-22(12-10-20)31-21-6-4-3-5-7-21/h3-15,29H,1-2H3,(H,28,30). The molecule has 2 heterocycles. The van der Waals surface area contributed by atoms with E-state index >= 15 is 0 Å². The van der Waals surface area contributed by atoms with Gasteiger partial charge in [0.1, 0.15) is 17.2 Å². The lowest BCUT2D eigenvalue weighted by Crippen LogP contribution is -2.12. The molecule has 0 aliphatic rings. The van der Waals surface area contributed by atoms with Gasteiger partial charge in [-0.2, -0.15) is 0 Å². The van der Waals surface area contributed by atoms with Gasteiger partial charge in [-0.05, 0) is 74.0 Å². The van der Waals surface area contributed by atoms with E-state index in [0.717, 1.165) is 37.8 Å². The van der Waals surface area contributed by atoms with E-state index in [1.165, 1.54) is 0 Å². The van der Waals surface area contributed by atoms with Gasteiger partial charge >= 0.3 is 0 Å². The molecule has 0 saturated carbocycles. The molecule has 2 aromatic heterocycles. The Hall–Kier alpha value is -3.90. The Balaban J connectivity index is 1.32. The van der Waals surface area contributed by atoms with Crippen molar-refractivity contribution in [3.8, 4) is 21.9 Å². The van der Waals surface area contributed by atoms with Crippen molar-refractivity contribution in [1.82, 2.24) is 9.97 Å². The first-order valence-electron chi connectivity index (χ1n) is 10.3. The maximum Gasteiger partial charge on any atom is 0.272 e. The number of nitrogens with one attached hydrogen (secondary N) is 2. The molecule has 32 heavy (non-hydrogen) atoms. The van der Waals surface area contributed by atoms with Gasteiger partial charge in [0.05, 0.1) is 15.6 Å². The van der Waals surface area contributed by atoms with E-state index in [-0.39, 0.29) is 5.91 Å². The molecule has 0 spiro atoms. The van der Waals surface area contributed by atoms with Gasteiger partial charge in [-0.15, -0.1) is 11.3 Å². The van der Waals surface area contributed by atoms with Crippen LogP contribution in [0.4, 0.5) is 5.69 Å². The van der Waals surface area contributed by atoms with Crippen LogP contribution < -0.4 is 10.1 Å². The Labute approximate surface area is 189 Å². The molecule has 3 aromatic carbocycles. The van der Waals surface area contributed by atoms with Crippen LogP contribution in [-0.4, -0.2) is 15.9 Å². The topological polar surface area (TPSA) is 67.0 Å². The summed E-state index contributed by atoms with van der Waals surface area (Å²) in [7, 11) is 0. The summed E-state index contributed by atoms with van der Waals surface area (Å²) in [4.78, 5) is 21.7. The quantitative estimate of drug-likeness (QED) is 0.311. The predicted octanol–water partition coefficient (Wildman–Crippen LogP) is 6.95. The number of H-pyrrole nitrogens is 1. The smallest absolute Gasteiger partial charge is 0.272 e. The molecule has 1 amide bonds. The van der Waals surface area contributed by atoms with Crippen LogP contribution in [0.1, 0.15) is 21.2 Å². The van der Waals surface area contributed by atoms with E-state index in [1.807, 2.05) is 80.6 Å². The minimum Gasteiger partial charge on any atom is -0.457 e. The third-order valence-corrected chi connectivity index (χ3v) is 6.24. The first-order chi connectivity index (χ1) is 15.5. The monoisotopic (exact) mass is 439 g/mol. The van der Waals surface area contributed by atoms with Crippen LogP contribution >= 0.6 is 11.3 Å². The van der Waals surface area contributed by atoms with E-state index in [2.05, 4.69) is 27.4 Å². The fraction of sp³-hybridized carbons (Fsp3) is 0.0769. The summed E-state index contributed by atoms with van der Waals surface area (Å²) in [5.74, 6) is 1.29. The van der Waals surface area contributed by atoms with Gasteiger partial charge in [-0.25, -0.2) is 4.98 Å². The Bertz CT molecular complexity index is 1400. The Morgan fingerprint density at radius 3 is 2.41 bits per heavy atom. The first kappa shape index (κ1) is 20.0. The minimum atomic E-state index is -0.190. The van der Waals surface area contributed by atoms with E-state index in [4.69, 9.17) is 4.74 Å². The number of amides is 1. The maximum atomic E-state index is 12.8. The number of benzene rings is 3. The van der Waals surface area contributed by atoms with E-state index < -0.39 is 0 Å². The number of nitrogens with zero attached hydrogens (tertiary/aromatic N) is 1. The molecule has 5 rings (SSSR count). The van der Waals surface area contributed by atoms with Crippen molar-refractivity contribution >= 4 is 33.8 Å². The second-order valence-corrected chi connectivity index (χ2v) is 8.73. The Kier molecular flexibility index (Phi) is 5.21. The van der Waals surface area contributed by atoms with Crippen molar-refractivity contribution in [2.24, 2.45) is 0 Å². The summed E-state index contributed by atoms with van der Waals surface area (Å²) in [5, 5.41) is 4.97. The Morgan fingerprint density at radius 1 is 0.938 bits per heavy atom. The summed E-state index contributed by atoms with van der Waals surface area (Å²) in [6, 6.07) is 24.9. The summed E-state index contributed by atoms with van der Waals surface area (Å²) in [6.07, 6.45) is 0. The lowest BCUT2D eigenvalue weighted by atomic mass is 10.1. The van der Waals surface area contributed by atoms with Crippen LogP contribution in [0, 0.1) is 13.8 Å². The molecule has 5 aromatic rings. The number of hydrogen-bond donors (Lipinski definition) is 2. The molecule has 0 aliphatic carbocycles. The normalized spacial score (nSPS) is 10.9. The number of ether oxygens (including phenoxy) is 1. The zero-order chi connectivity index (χ0) is 22.1. The number of para-hydroxylation sites is 1. The number of aromatic nitrogens is 2. The summed E-state index contributed by atoms with van der Waals surface area (Å²) in [6.45, 7) is 4.04. The minimum absolute atomic E-state index is 0.190. The van der Waals surface area contributed by atoms with Crippen LogP contribution in [0.2, 0.25) is 0 Å². The molecule has 0 aliphatic heterocycles. The average molecular weight is 440 g/mol. The van der Waals surface area contributed by atoms with E-state index in [9.17, 15) is 4.79 Å². The van der Waals surface area contributed by atoms with Crippen LogP contribution in [0.15, 0.2) is 78.9 Å². The molecule has 0 saturated heterocycles. The average Bonchev–Trinajstić information content (AvgIpc) is 3.37. The van der Waals surface area contributed by atoms with Gasteiger partial charge < -0.3 is 15.0 Å². The van der Waals surface area contributed by atoms with Crippen LogP contribution in [0.5, 0.6) is 11.5 Å².